The molecule has 1 unspecified atom stereocenters. The van der Waals surface area contributed by atoms with Crippen molar-refractivity contribution in [1.29, 1.82) is 0 Å². The molecular weight excluding hydrogens is 234 g/mol. The van der Waals surface area contributed by atoms with E-state index in [2.05, 4.69) is 49.5 Å². The van der Waals surface area contributed by atoms with E-state index in [1.807, 2.05) is 6.20 Å². The molecule has 0 fully saturated rings. The Kier molecular flexibility index (Phi) is 7.14. The number of hydrogen-bond acceptors (Lipinski definition) is 2. The number of nitrogens with one attached hydrogen (secondary N) is 1. The zero-order valence-electron chi connectivity index (χ0n) is 13.4. The number of aryl methyl sites for hydroxylation is 1. The molecule has 0 saturated carbocycles. The summed E-state index contributed by atoms with van der Waals surface area (Å²) in [5.74, 6) is 1.93. The molecule has 1 rings (SSSR count). The van der Waals surface area contributed by atoms with E-state index < -0.39 is 0 Å². The van der Waals surface area contributed by atoms with Crippen molar-refractivity contribution >= 4 is 0 Å². The van der Waals surface area contributed by atoms with Gasteiger partial charge in [0.05, 0.1) is 5.69 Å². The molecule has 1 aromatic rings. The highest BCUT2D eigenvalue weighted by Crippen LogP contribution is 2.17. The minimum absolute atomic E-state index is 0.519. The van der Waals surface area contributed by atoms with E-state index in [0.717, 1.165) is 24.8 Å². The number of hydrogen-bond donors (Lipinski definition) is 1. The van der Waals surface area contributed by atoms with Crippen LogP contribution in [0.4, 0.5) is 0 Å². The quantitative estimate of drug-likeness (QED) is 0.733. The minimum atomic E-state index is 0.519. The molecule has 1 N–H and O–H groups in total. The van der Waals surface area contributed by atoms with Gasteiger partial charge in [-0.25, -0.2) is 4.98 Å². The summed E-state index contributed by atoms with van der Waals surface area (Å²) in [5, 5.41) is 3.49. The van der Waals surface area contributed by atoms with Gasteiger partial charge in [0.25, 0.3) is 0 Å². The molecule has 19 heavy (non-hydrogen) atoms. The molecule has 0 aliphatic rings. The van der Waals surface area contributed by atoms with Gasteiger partial charge < -0.3 is 9.88 Å². The molecule has 3 heteroatoms. The van der Waals surface area contributed by atoms with Crippen molar-refractivity contribution in [2.24, 2.45) is 5.92 Å². The monoisotopic (exact) mass is 265 g/mol. The van der Waals surface area contributed by atoms with Gasteiger partial charge in [0, 0.05) is 25.3 Å². The van der Waals surface area contributed by atoms with Crippen LogP contribution in [0.1, 0.15) is 64.9 Å². The standard InChI is InChI=1S/C16H31N3/c1-6-8-9-15(7-2)12-19-14(5)18-11-16(19)10-17-13(3)4/h11,13,15,17H,6-10,12H2,1-5H3. The molecular formula is C16H31N3. The molecule has 0 radical (unpaired) electrons. The van der Waals surface area contributed by atoms with E-state index in [9.17, 15) is 0 Å². The van der Waals surface area contributed by atoms with Crippen LogP contribution in [0.2, 0.25) is 0 Å². The van der Waals surface area contributed by atoms with E-state index in [-0.39, 0.29) is 0 Å². The van der Waals surface area contributed by atoms with Crippen LogP contribution < -0.4 is 5.32 Å². The maximum atomic E-state index is 4.49. The summed E-state index contributed by atoms with van der Waals surface area (Å²) in [7, 11) is 0. The second-order valence-corrected chi connectivity index (χ2v) is 5.86. The van der Waals surface area contributed by atoms with Crippen molar-refractivity contribution in [2.45, 2.75) is 79.4 Å². The normalized spacial score (nSPS) is 13.2. The Balaban J connectivity index is 2.66. The van der Waals surface area contributed by atoms with Crippen molar-refractivity contribution in [3.05, 3.63) is 17.7 Å². The smallest absolute Gasteiger partial charge is 0.105 e. The van der Waals surface area contributed by atoms with Crippen molar-refractivity contribution in [2.75, 3.05) is 0 Å². The Morgan fingerprint density at radius 3 is 2.63 bits per heavy atom. The summed E-state index contributed by atoms with van der Waals surface area (Å²) < 4.78 is 2.40. The molecule has 0 aliphatic heterocycles. The zero-order chi connectivity index (χ0) is 14.3. The molecule has 0 aromatic carbocycles. The molecule has 110 valence electrons. The number of nitrogens with zero attached hydrogens (tertiary/aromatic N) is 2. The predicted molar refractivity (Wildman–Crippen MR) is 82.2 cm³/mol. The number of unbranched alkanes of at least 4 members (excludes halogenated alkanes) is 1. The third kappa shape index (κ3) is 5.35. The van der Waals surface area contributed by atoms with E-state index in [1.165, 1.54) is 31.4 Å². The zero-order valence-corrected chi connectivity index (χ0v) is 13.4. The van der Waals surface area contributed by atoms with Gasteiger partial charge in [-0.3, -0.25) is 0 Å². The first-order valence-electron chi connectivity index (χ1n) is 7.82. The Labute approximate surface area is 118 Å². The van der Waals surface area contributed by atoms with Crippen LogP contribution in [0.5, 0.6) is 0 Å². The van der Waals surface area contributed by atoms with Gasteiger partial charge in [-0.1, -0.05) is 47.0 Å². The Hall–Kier alpha value is -0.830. The Bertz CT molecular complexity index is 355. The third-order valence-electron chi connectivity index (χ3n) is 3.81. The Morgan fingerprint density at radius 2 is 2.05 bits per heavy atom. The topological polar surface area (TPSA) is 29.9 Å². The highest BCUT2D eigenvalue weighted by atomic mass is 15.1. The Morgan fingerprint density at radius 1 is 1.32 bits per heavy atom. The van der Waals surface area contributed by atoms with E-state index in [1.54, 1.807) is 0 Å². The van der Waals surface area contributed by atoms with Crippen LogP contribution in [0.25, 0.3) is 0 Å². The van der Waals surface area contributed by atoms with E-state index in [0.29, 0.717) is 6.04 Å². The van der Waals surface area contributed by atoms with Gasteiger partial charge in [-0.2, -0.15) is 0 Å². The first-order chi connectivity index (χ1) is 9.08. The lowest BCUT2D eigenvalue weighted by atomic mass is 9.99. The maximum Gasteiger partial charge on any atom is 0.105 e. The third-order valence-corrected chi connectivity index (χ3v) is 3.81. The van der Waals surface area contributed by atoms with Crippen LogP contribution in [-0.2, 0) is 13.1 Å². The van der Waals surface area contributed by atoms with Crippen molar-refractivity contribution in [3.63, 3.8) is 0 Å². The van der Waals surface area contributed by atoms with Crippen LogP contribution in [-0.4, -0.2) is 15.6 Å². The molecule has 1 atom stereocenters. The van der Waals surface area contributed by atoms with Crippen LogP contribution >= 0.6 is 0 Å². The number of aromatic nitrogens is 2. The summed E-state index contributed by atoms with van der Waals surface area (Å²) in [6.07, 6.45) is 7.25. The largest absolute Gasteiger partial charge is 0.331 e. The van der Waals surface area contributed by atoms with Gasteiger partial charge in [0.2, 0.25) is 0 Å². The average Bonchev–Trinajstić information content (AvgIpc) is 2.73. The van der Waals surface area contributed by atoms with Gasteiger partial charge in [-0.15, -0.1) is 0 Å². The molecule has 0 amide bonds. The fraction of sp³-hybridized carbons (Fsp3) is 0.812. The molecule has 0 bridgehead atoms. The average molecular weight is 265 g/mol. The molecule has 0 spiro atoms. The lowest BCUT2D eigenvalue weighted by molar-refractivity contribution is 0.379. The van der Waals surface area contributed by atoms with E-state index >= 15 is 0 Å². The second-order valence-electron chi connectivity index (χ2n) is 5.86. The fourth-order valence-corrected chi connectivity index (χ4v) is 2.39. The van der Waals surface area contributed by atoms with Crippen molar-refractivity contribution < 1.29 is 0 Å². The molecule has 1 heterocycles. The SMILES string of the molecule is CCCCC(CC)Cn1c(CNC(C)C)cnc1C. The van der Waals surface area contributed by atoms with Gasteiger partial charge in [-0.05, 0) is 19.3 Å². The van der Waals surface area contributed by atoms with Crippen LogP contribution in [0.3, 0.4) is 0 Å². The summed E-state index contributed by atoms with van der Waals surface area (Å²) in [6, 6.07) is 0.519. The van der Waals surface area contributed by atoms with Crippen molar-refractivity contribution in [1.82, 2.24) is 14.9 Å². The second kappa shape index (κ2) is 8.36. The van der Waals surface area contributed by atoms with Gasteiger partial charge in [0.1, 0.15) is 5.82 Å². The van der Waals surface area contributed by atoms with Crippen LogP contribution in [0.15, 0.2) is 6.20 Å². The maximum absolute atomic E-state index is 4.49. The molecule has 0 aliphatic carbocycles. The van der Waals surface area contributed by atoms with Gasteiger partial charge in [0.15, 0.2) is 0 Å². The summed E-state index contributed by atoms with van der Waals surface area (Å²) in [4.78, 5) is 4.49. The highest BCUT2D eigenvalue weighted by Gasteiger charge is 2.12. The summed E-state index contributed by atoms with van der Waals surface area (Å²) in [6.45, 7) is 13.1. The molecule has 3 nitrogen and oxygen atoms in total. The lowest BCUT2D eigenvalue weighted by Gasteiger charge is -2.19. The minimum Gasteiger partial charge on any atom is -0.331 e. The molecule has 0 saturated heterocycles. The first kappa shape index (κ1) is 16.2. The summed E-state index contributed by atoms with van der Waals surface area (Å²) in [5.41, 5.74) is 1.32. The van der Waals surface area contributed by atoms with E-state index in [4.69, 9.17) is 0 Å². The first-order valence-corrected chi connectivity index (χ1v) is 7.82. The fourth-order valence-electron chi connectivity index (χ4n) is 2.39. The summed E-state index contributed by atoms with van der Waals surface area (Å²) >= 11 is 0. The van der Waals surface area contributed by atoms with Crippen molar-refractivity contribution in [3.8, 4) is 0 Å². The lowest BCUT2D eigenvalue weighted by Crippen LogP contribution is -2.24. The predicted octanol–water partition coefficient (Wildman–Crippen LogP) is 3.91. The molecule has 1 aromatic heterocycles. The number of imidazole rings is 1. The van der Waals surface area contributed by atoms with Gasteiger partial charge >= 0.3 is 0 Å². The van der Waals surface area contributed by atoms with Crippen LogP contribution in [0, 0.1) is 12.8 Å². The highest BCUT2D eigenvalue weighted by molar-refractivity contribution is 5.04. The number of rotatable bonds is 9.